The summed E-state index contributed by atoms with van der Waals surface area (Å²) in [5.41, 5.74) is 1.74. The van der Waals surface area contributed by atoms with Gasteiger partial charge in [-0.05, 0) is 69.0 Å². The maximum atomic E-state index is 14.5. The van der Waals surface area contributed by atoms with Crippen LogP contribution in [0.2, 0.25) is 0 Å². The summed E-state index contributed by atoms with van der Waals surface area (Å²) in [6.45, 7) is 8.64. The van der Waals surface area contributed by atoms with E-state index >= 15 is 0 Å². The minimum absolute atomic E-state index is 0.0123. The molecule has 0 atom stereocenters. The highest BCUT2D eigenvalue weighted by atomic mass is 19.1. The van der Waals surface area contributed by atoms with Crippen LogP contribution in [0.1, 0.15) is 49.5 Å². The van der Waals surface area contributed by atoms with Crippen molar-refractivity contribution >= 4 is 12.0 Å². The zero-order chi connectivity index (χ0) is 25.7. The van der Waals surface area contributed by atoms with Gasteiger partial charge in [-0.15, -0.1) is 0 Å². The minimum Gasteiger partial charge on any atom is -0.488 e. The van der Waals surface area contributed by atoms with E-state index in [-0.39, 0.29) is 12.2 Å². The van der Waals surface area contributed by atoms with Crippen molar-refractivity contribution in [3.63, 3.8) is 0 Å². The van der Waals surface area contributed by atoms with Gasteiger partial charge in [0.2, 0.25) is 0 Å². The van der Waals surface area contributed by atoms with Crippen molar-refractivity contribution in [1.82, 2.24) is 15.5 Å². The predicted molar refractivity (Wildman–Crippen MR) is 134 cm³/mol. The predicted octanol–water partition coefficient (Wildman–Crippen LogP) is 4.11. The molecular weight excluding hydrogens is 465 g/mol. The molecule has 0 spiro atoms. The van der Waals surface area contributed by atoms with Gasteiger partial charge in [0.25, 0.3) is 5.91 Å². The molecule has 9 heteroatoms. The third-order valence-electron chi connectivity index (χ3n) is 5.93. The molecule has 2 aliphatic rings. The first kappa shape index (κ1) is 25.8. The monoisotopic (exact) mass is 499 g/mol. The highest BCUT2D eigenvalue weighted by molar-refractivity contribution is 5.95. The number of hydrogen-bond acceptors (Lipinski definition) is 6. The van der Waals surface area contributed by atoms with Crippen molar-refractivity contribution in [3.8, 4) is 22.6 Å². The fourth-order valence-corrected chi connectivity index (χ4v) is 4.17. The summed E-state index contributed by atoms with van der Waals surface area (Å²) in [4.78, 5) is 27.2. The van der Waals surface area contributed by atoms with Crippen molar-refractivity contribution < 1.29 is 28.2 Å². The van der Waals surface area contributed by atoms with Crippen LogP contribution < -0.4 is 20.1 Å². The number of rotatable bonds is 0. The fourth-order valence-electron chi connectivity index (χ4n) is 4.17. The molecule has 2 aliphatic heterocycles. The Hall–Kier alpha value is -3.33. The Kier molecular flexibility index (Phi) is 7.98. The summed E-state index contributed by atoms with van der Waals surface area (Å²) in [7, 11) is 0. The van der Waals surface area contributed by atoms with E-state index in [2.05, 4.69) is 10.6 Å². The van der Waals surface area contributed by atoms with E-state index in [4.69, 9.17) is 14.2 Å². The summed E-state index contributed by atoms with van der Waals surface area (Å²) in [6.07, 6.45) is 0.851. The van der Waals surface area contributed by atoms with Gasteiger partial charge in [0.1, 0.15) is 24.6 Å². The molecule has 0 unspecified atom stereocenters. The van der Waals surface area contributed by atoms with E-state index < -0.39 is 23.4 Å². The molecule has 0 saturated heterocycles. The molecule has 0 aliphatic carbocycles. The van der Waals surface area contributed by atoms with Gasteiger partial charge in [0.15, 0.2) is 11.5 Å². The second kappa shape index (κ2) is 11.2. The molecule has 8 nitrogen and oxygen atoms in total. The van der Waals surface area contributed by atoms with E-state index in [1.54, 1.807) is 17.0 Å². The smallest absolute Gasteiger partial charge is 0.410 e. The molecule has 0 fully saturated rings. The topological polar surface area (TPSA) is 89.1 Å². The van der Waals surface area contributed by atoms with Crippen LogP contribution in [0.5, 0.6) is 11.5 Å². The average molecular weight is 500 g/mol. The van der Waals surface area contributed by atoms with E-state index in [1.807, 2.05) is 32.9 Å². The summed E-state index contributed by atoms with van der Waals surface area (Å²) in [5.74, 6) is 0.137. The van der Waals surface area contributed by atoms with Gasteiger partial charge < -0.3 is 29.7 Å². The highest BCUT2D eigenvalue weighted by Crippen LogP contribution is 2.38. The van der Waals surface area contributed by atoms with E-state index in [1.165, 1.54) is 6.07 Å². The molecule has 0 radical (unpaired) electrons. The first-order valence-electron chi connectivity index (χ1n) is 12.4. The lowest BCUT2D eigenvalue weighted by molar-refractivity contribution is 0.0222. The number of fused-ring (bicyclic) bond motifs is 7. The van der Waals surface area contributed by atoms with Crippen LogP contribution in [0.3, 0.4) is 0 Å². The van der Waals surface area contributed by atoms with Gasteiger partial charge in [0.05, 0.1) is 12.1 Å². The zero-order valence-electron chi connectivity index (χ0n) is 21.1. The van der Waals surface area contributed by atoms with Gasteiger partial charge in [0, 0.05) is 31.7 Å². The van der Waals surface area contributed by atoms with Crippen molar-refractivity contribution in [1.29, 1.82) is 0 Å². The first-order chi connectivity index (χ1) is 17.2. The van der Waals surface area contributed by atoms with Crippen LogP contribution in [-0.4, -0.2) is 61.9 Å². The Morgan fingerprint density at radius 3 is 2.67 bits per heavy atom. The Morgan fingerprint density at radius 1 is 1.03 bits per heavy atom. The quantitative estimate of drug-likeness (QED) is 0.567. The zero-order valence-corrected chi connectivity index (χ0v) is 21.1. The molecule has 2 aromatic carbocycles. The van der Waals surface area contributed by atoms with Gasteiger partial charge in [-0.25, -0.2) is 9.18 Å². The number of nitrogens with zero attached hydrogens (tertiary/aromatic N) is 1. The maximum Gasteiger partial charge on any atom is 0.410 e. The van der Waals surface area contributed by atoms with Gasteiger partial charge in [-0.2, -0.15) is 0 Å². The highest BCUT2D eigenvalue weighted by Gasteiger charge is 2.23. The molecule has 0 aromatic heterocycles. The first-order valence-corrected chi connectivity index (χ1v) is 12.4. The van der Waals surface area contributed by atoms with E-state index in [0.717, 1.165) is 11.1 Å². The molecular formula is C27H34FN3O5. The molecule has 2 N–H and O–H groups in total. The Balaban J connectivity index is 1.69. The largest absolute Gasteiger partial charge is 0.488 e. The summed E-state index contributed by atoms with van der Waals surface area (Å²) in [6, 6.07) is 8.33. The number of amides is 2. The average Bonchev–Trinajstić information content (AvgIpc) is 3.06. The lowest BCUT2D eigenvalue weighted by Gasteiger charge is -2.27. The molecule has 2 amide bonds. The summed E-state index contributed by atoms with van der Waals surface area (Å²) >= 11 is 0. The van der Waals surface area contributed by atoms with E-state index in [9.17, 15) is 14.0 Å². The summed E-state index contributed by atoms with van der Waals surface area (Å²) < 4.78 is 32.3. The van der Waals surface area contributed by atoms with Crippen molar-refractivity contribution in [2.24, 2.45) is 0 Å². The number of carbonyl (C=O) groups excluding carboxylic acids is 2. The molecule has 36 heavy (non-hydrogen) atoms. The number of nitrogens with one attached hydrogen (secondary N) is 2. The third-order valence-corrected chi connectivity index (χ3v) is 5.93. The molecule has 4 bridgehead atoms. The van der Waals surface area contributed by atoms with Crippen LogP contribution in [-0.2, 0) is 11.3 Å². The second-order valence-electron chi connectivity index (χ2n) is 9.96. The summed E-state index contributed by atoms with van der Waals surface area (Å²) in [5, 5.41) is 6.11. The minimum atomic E-state index is -0.621. The molecule has 2 aromatic rings. The second-order valence-corrected chi connectivity index (χ2v) is 9.96. The Bertz CT molecular complexity index is 1120. The van der Waals surface area contributed by atoms with Crippen LogP contribution >= 0.6 is 0 Å². The number of ether oxygens (including phenoxy) is 3. The fraction of sp³-hybridized carbons (Fsp3) is 0.481. The number of benzene rings is 2. The van der Waals surface area contributed by atoms with Gasteiger partial charge >= 0.3 is 6.09 Å². The molecule has 2 heterocycles. The van der Waals surface area contributed by atoms with Crippen molar-refractivity contribution in [2.45, 2.75) is 45.8 Å². The van der Waals surface area contributed by atoms with Crippen LogP contribution in [0.15, 0.2) is 30.3 Å². The third kappa shape index (κ3) is 6.46. The molecule has 194 valence electrons. The molecule has 0 saturated carbocycles. The standard InChI is InChI=1S/C27H34FN3O5/c1-27(2,3)36-26(33)31-10-5-4-8-30-25(32)21-15-18(6-7-22(21)28)19-14-20-17-29-9-12-35-24(20)23(16-19)34-13-11-31/h6-7,14-16,29H,4-5,8-13,17H2,1-3H3,(H,30,32). The van der Waals surface area contributed by atoms with E-state index in [0.29, 0.717) is 69.2 Å². The normalized spacial score (nSPS) is 17.1. The molecule has 4 rings (SSSR count). The SMILES string of the molecule is CC(C)(C)OC(=O)N1CCCCNC(=O)c2cc(ccc2F)-c2cc3c(c(c2)OCC1)OCCNC3. The Morgan fingerprint density at radius 2 is 1.86 bits per heavy atom. The Labute approximate surface area is 211 Å². The maximum absolute atomic E-state index is 14.5. The lowest BCUT2D eigenvalue weighted by Crippen LogP contribution is -2.40. The van der Waals surface area contributed by atoms with Crippen molar-refractivity contribution in [2.75, 3.05) is 39.4 Å². The van der Waals surface area contributed by atoms with Crippen LogP contribution in [0.25, 0.3) is 11.1 Å². The van der Waals surface area contributed by atoms with Gasteiger partial charge in [-0.1, -0.05) is 6.07 Å². The van der Waals surface area contributed by atoms with Gasteiger partial charge in [-0.3, -0.25) is 4.79 Å². The van der Waals surface area contributed by atoms with Crippen LogP contribution in [0, 0.1) is 5.82 Å². The van der Waals surface area contributed by atoms with Crippen LogP contribution in [0.4, 0.5) is 9.18 Å². The number of carbonyl (C=O) groups is 2. The number of halogens is 1. The lowest BCUT2D eigenvalue weighted by atomic mass is 9.99. The number of hydrogen-bond donors (Lipinski definition) is 2. The van der Waals surface area contributed by atoms with Crippen molar-refractivity contribution in [3.05, 3.63) is 47.3 Å².